The monoisotopic (exact) mass is 739 g/mol. The van der Waals surface area contributed by atoms with Gasteiger partial charge in [0, 0.05) is 58.6 Å². The number of carboxylic acids is 1. The van der Waals surface area contributed by atoms with Gasteiger partial charge in [0.2, 0.25) is 0 Å². The highest BCUT2D eigenvalue weighted by Crippen LogP contribution is 2.78. The number of aliphatic carboxylic acids is 1. The Hall–Kier alpha value is -3.86. The Labute approximate surface area is 318 Å². The lowest BCUT2D eigenvalue weighted by Crippen LogP contribution is -2.69. The van der Waals surface area contributed by atoms with Gasteiger partial charge in [-0.25, -0.2) is 4.79 Å². The van der Waals surface area contributed by atoms with E-state index in [4.69, 9.17) is 11.5 Å². The van der Waals surface area contributed by atoms with Crippen LogP contribution in [0.15, 0.2) is 76.3 Å². The van der Waals surface area contributed by atoms with Gasteiger partial charge in [0.1, 0.15) is 11.4 Å². The molecular weight excluding hydrogens is 682 g/mol. The second-order valence-electron chi connectivity index (χ2n) is 18.7. The molecule has 6 aliphatic rings. The van der Waals surface area contributed by atoms with Crippen molar-refractivity contribution >= 4 is 29.6 Å². The fraction of sp³-hybridized carbons (Fsp3) is 0.591. The average molecular weight is 740 g/mol. The molecule has 8 N–H and O–H groups in total. The number of guanidine groups is 1. The molecule has 1 aromatic rings. The summed E-state index contributed by atoms with van der Waals surface area (Å²) < 4.78 is 0. The van der Waals surface area contributed by atoms with Gasteiger partial charge in [0.25, 0.3) is 0 Å². The highest BCUT2D eigenvalue weighted by molar-refractivity contribution is 6.02. The van der Waals surface area contributed by atoms with Crippen LogP contribution in [0.25, 0.3) is 6.08 Å². The topological polar surface area (TPSA) is 197 Å². The third-order valence-corrected chi connectivity index (χ3v) is 15.8. The first-order valence-electron chi connectivity index (χ1n) is 19.5. The van der Waals surface area contributed by atoms with Crippen LogP contribution in [0, 0.1) is 51.2 Å². The first-order chi connectivity index (χ1) is 25.1. The van der Waals surface area contributed by atoms with Crippen molar-refractivity contribution in [2.45, 2.75) is 103 Å². The molecule has 0 amide bonds. The average Bonchev–Trinajstić information content (AvgIpc) is 3.28. The van der Waals surface area contributed by atoms with E-state index in [2.05, 4.69) is 11.9 Å². The smallest absolute Gasteiger partial charge is 0.331 e. The second kappa shape index (κ2) is 12.3. The molecule has 0 aromatic heterocycles. The molecule has 290 valence electrons. The molecule has 0 saturated heterocycles. The number of fused-ring (bicyclic) bond motifs is 2. The zero-order valence-corrected chi connectivity index (χ0v) is 32.4. The number of hydrogen-bond acceptors (Lipinski definition) is 7. The van der Waals surface area contributed by atoms with Crippen LogP contribution in [-0.4, -0.2) is 67.3 Å². The van der Waals surface area contributed by atoms with Crippen LogP contribution < -0.4 is 11.5 Å². The van der Waals surface area contributed by atoms with E-state index in [0.717, 1.165) is 5.56 Å². The summed E-state index contributed by atoms with van der Waals surface area (Å²) in [6.07, 6.45) is 11.1. The summed E-state index contributed by atoms with van der Waals surface area (Å²) >= 11 is 0. The predicted molar refractivity (Wildman–Crippen MR) is 206 cm³/mol. The highest BCUT2D eigenvalue weighted by Gasteiger charge is 2.78. The fourth-order valence-corrected chi connectivity index (χ4v) is 13.1. The number of carboxylic acid groups (broad SMARTS) is 1. The Bertz CT molecular complexity index is 1940. The normalized spacial score (nSPS) is 41.9. The number of rotatable bonds is 8. The summed E-state index contributed by atoms with van der Waals surface area (Å²) in [4.78, 5) is 45.4. The van der Waals surface area contributed by atoms with Crippen molar-refractivity contribution in [1.82, 2.24) is 0 Å². The van der Waals surface area contributed by atoms with Crippen molar-refractivity contribution in [1.29, 1.82) is 0 Å². The minimum atomic E-state index is -1.70. The maximum atomic E-state index is 15.2. The third kappa shape index (κ3) is 5.08. The number of aliphatic hydroxyl groups is 3. The summed E-state index contributed by atoms with van der Waals surface area (Å²) in [5.74, 6) is -3.72. The number of carbonyl (C=O) groups is 3. The quantitative estimate of drug-likeness (QED) is 0.119. The third-order valence-electron chi connectivity index (χ3n) is 15.8. The van der Waals surface area contributed by atoms with Crippen LogP contribution >= 0.6 is 0 Å². The zero-order valence-electron chi connectivity index (χ0n) is 32.4. The van der Waals surface area contributed by atoms with Crippen molar-refractivity contribution in [3.63, 3.8) is 0 Å². The molecule has 0 bridgehead atoms. The van der Waals surface area contributed by atoms with E-state index in [1.165, 1.54) is 6.08 Å². The molecular formula is C44H57N3O7. The second-order valence-corrected chi connectivity index (χ2v) is 18.7. The number of benzene rings is 1. The largest absolute Gasteiger partial charge is 0.478 e. The molecule has 1 aromatic carbocycles. The first-order valence-corrected chi connectivity index (χ1v) is 19.5. The molecule has 7 rings (SSSR count). The lowest BCUT2D eigenvalue weighted by Gasteiger charge is -2.68. The van der Waals surface area contributed by atoms with E-state index in [-0.39, 0.29) is 42.5 Å². The van der Waals surface area contributed by atoms with Crippen molar-refractivity contribution in [2.75, 3.05) is 6.54 Å². The van der Waals surface area contributed by atoms with Crippen molar-refractivity contribution < 1.29 is 34.8 Å². The Morgan fingerprint density at radius 2 is 1.69 bits per heavy atom. The van der Waals surface area contributed by atoms with Crippen molar-refractivity contribution in [2.24, 2.45) is 67.7 Å². The Kier molecular flexibility index (Phi) is 8.77. The number of nitrogens with two attached hydrogens (primary N) is 2. The Morgan fingerprint density at radius 3 is 2.33 bits per heavy atom. The Balaban J connectivity index is 1.43. The molecule has 10 heteroatoms. The summed E-state index contributed by atoms with van der Waals surface area (Å²) in [5, 5.41) is 48.8. The van der Waals surface area contributed by atoms with Crippen LogP contribution in [0.1, 0.15) is 92.1 Å². The van der Waals surface area contributed by atoms with E-state index in [0.29, 0.717) is 43.3 Å². The molecule has 11 atom stereocenters. The number of hydrogen-bond donors (Lipinski definition) is 6. The van der Waals surface area contributed by atoms with Crippen LogP contribution in [-0.2, 0) is 14.4 Å². The van der Waals surface area contributed by atoms with Gasteiger partial charge in [-0.3, -0.25) is 14.6 Å². The van der Waals surface area contributed by atoms with Gasteiger partial charge >= 0.3 is 5.97 Å². The predicted octanol–water partition coefficient (Wildman–Crippen LogP) is 5.13. The maximum Gasteiger partial charge on any atom is 0.331 e. The van der Waals surface area contributed by atoms with E-state index in [9.17, 15) is 30.0 Å². The van der Waals surface area contributed by atoms with E-state index >= 15 is 4.79 Å². The molecule has 10 nitrogen and oxygen atoms in total. The number of ketones is 2. The van der Waals surface area contributed by atoms with Crippen LogP contribution in [0.3, 0.4) is 0 Å². The van der Waals surface area contributed by atoms with Gasteiger partial charge in [0.05, 0.1) is 11.2 Å². The summed E-state index contributed by atoms with van der Waals surface area (Å²) in [5.41, 5.74) is 5.38. The minimum absolute atomic E-state index is 0.0159. The number of nitrogens with zero attached hydrogens (tertiary/aromatic N) is 1. The van der Waals surface area contributed by atoms with Gasteiger partial charge in [-0.1, -0.05) is 90.1 Å². The lowest BCUT2D eigenvalue weighted by atomic mass is 9.36. The molecule has 0 unspecified atom stereocenters. The summed E-state index contributed by atoms with van der Waals surface area (Å²) in [6, 6.07) is 9.81. The van der Waals surface area contributed by atoms with E-state index < -0.39 is 74.0 Å². The summed E-state index contributed by atoms with van der Waals surface area (Å²) in [7, 11) is 0. The molecule has 0 radical (unpaired) electrons. The van der Waals surface area contributed by atoms with Gasteiger partial charge in [-0.2, -0.15) is 0 Å². The van der Waals surface area contributed by atoms with Gasteiger partial charge in [-0.05, 0) is 78.6 Å². The fourth-order valence-electron chi connectivity index (χ4n) is 13.1. The highest BCUT2D eigenvalue weighted by atomic mass is 16.4. The molecule has 6 aliphatic carbocycles. The molecule has 0 heterocycles. The van der Waals surface area contributed by atoms with Gasteiger partial charge < -0.3 is 31.9 Å². The van der Waals surface area contributed by atoms with E-state index in [1.54, 1.807) is 12.2 Å². The van der Waals surface area contributed by atoms with Crippen molar-refractivity contribution in [3.05, 3.63) is 76.9 Å². The zero-order chi connectivity index (χ0) is 39.4. The SMILES string of the molecule is C[C@H]([C@H](CN=C(N)N)[C@@]1(O)C=C(C(=O)O)CCC1)[C@@H]1C[C@]2(O)C=C[C@@]3(O)C4=C(C(=O)C[C@@]1(C)[C@]42C)[C@@]1(C)CCC(=O)C(C)(C)[C@@H]1[C@@H]3C=Cc1ccccc1. The summed E-state index contributed by atoms with van der Waals surface area (Å²) in [6.45, 7) is 12.0. The van der Waals surface area contributed by atoms with Crippen LogP contribution in [0.2, 0.25) is 0 Å². The van der Waals surface area contributed by atoms with Gasteiger partial charge in [0.15, 0.2) is 11.7 Å². The Morgan fingerprint density at radius 1 is 1.00 bits per heavy atom. The first kappa shape index (κ1) is 38.4. The number of aliphatic imine (C=N–C) groups is 1. The van der Waals surface area contributed by atoms with Crippen LogP contribution in [0.5, 0.6) is 0 Å². The standard InChI is InChI=1S/C44H57N3O7/c1-25(30(24-47-37(45)46)42(52)17-10-13-27(21-42)36(50)51)29-22-43(53)19-20-44(54)28(15-14-26-11-8-7-9-12-26)34-38(2,3)32(49)16-18-39(34,4)33-31(48)23-40(29,5)41(43,6)35(33)44/h7-9,11-12,14-15,19-21,25,28-30,34,52-54H,10,13,16-18,22-24H2,1-6H3,(H,50,51)(H4,45,46,47)/t25-,28-,29-,30-,34-,39+,40+,41-,42-,43+,44-/m0/s1. The molecule has 0 spiro atoms. The number of Topliss-reactive ketones (excluding diaryl/α,β-unsaturated/α-hetero) is 2. The van der Waals surface area contributed by atoms with Gasteiger partial charge in [-0.15, -0.1) is 0 Å². The van der Waals surface area contributed by atoms with E-state index in [1.807, 2.05) is 77.1 Å². The number of allylic oxidation sites excluding steroid dienone is 1. The van der Waals surface area contributed by atoms with Crippen molar-refractivity contribution in [3.8, 4) is 0 Å². The molecule has 2 fully saturated rings. The number of carbonyl (C=O) groups excluding carboxylic acids is 2. The maximum absolute atomic E-state index is 15.2. The van der Waals surface area contributed by atoms with Crippen LogP contribution in [0.4, 0.5) is 0 Å². The molecule has 0 aliphatic heterocycles. The lowest BCUT2D eigenvalue weighted by molar-refractivity contribution is -0.162. The molecule has 2 saturated carbocycles. The minimum Gasteiger partial charge on any atom is -0.478 e. The molecule has 54 heavy (non-hydrogen) atoms.